The molecule has 2 fully saturated rings. The van der Waals surface area contributed by atoms with Crippen molar-refractivity contribution < 1.29 is 32.7 Å². The third kappa shape index (κ3) is 6.06. The first-order chi connectivity index (χ1) is 13.4. The fourth-order valence-corrected chi connectivity index (χ4v) is 3.24. The van der Waals surface area contributed by atoms with Crippen LogP contribution in [-0.2, 0) is 9.59 Å². The molecular formula is C18H23F3N4O4. The summed E-state index contributed by atoms with van der Waals surface area (Å²) in [5.74, 6) is -2.71. The zero-order valence-corrected chi connectivity index (χ0v) is 16.0. The Labute approximate surface area is 165 Å². The van der Waals surface area contributed by atoms with Crippen molar-refractivity contribution in [1.82, 2.24) is 15.2 Å². The van der Waals surface area contributed by atoms with E-state index in [1.54, 1.807) is 18.5 Å². The standard InChI is InChI=1S/C16H22N4O2.C2HF3O2/c1-11(2)18-15(22)20-7-5-16(10-20)8-13(16)14(21)19-12-4-3-6-17-9-12;3-2(4,5)1(6)7/h3-4,6,9,11,13H,5,7-8,10H2,1-2H3,(H,18,22)(H,19,21);(H,6,7). The lowest BCUT2D eigenvalue weighted by Gasteiger charge is -2.19. The van der Waals surface area contributed by atoms with Gasteiger partial charge in [-0.1, -0.05) is 0 Å². The van der Waals surface area contributed by atoms with Gasteiger partial charge in [0, 0.05) is 36.7 Å². The smallest absolute Gasteiger partial charge is 0.475 e. The Morgan fingerprint density at radius 3 is 2.52 bits per heavy atom. The van der Waals surface area contributed by atoms with Crippen LogP contribution in [0, 0.1) is 11.3 Å². The normalized spacial score (nSPS) is 22.7. The Balaban J connectivity index is 0.000000370. The van der Waals surface area contributed by atoms with E-state index in [9.17, 15) is 22.8 Å². The van der Waals surface area contributed by atoms with Gasteiger partial charge in [0.15, 0.2) is 0 Å². The van der Waals surface area contributed by atoms with Crippen LogP contribution in [0.2, 0.25) is 0 Å². The van der Waals surface area contributed by atoms with Gasteiger partial charge in [-0.2, -0.15) is 13.2 Å². The number of aromatic nitrogens is 1. The minimum Gasteiger partial charge on any atom is -0.475 e. The quantitative estimate of drug-likeness (QED) is 0.701. The SMILES string of the molecule is CC(C)NC(=O)N1CCC2(CC2C(=O)Nc2cccnc2)C1.O=C(O)C(F)(F)F. The molecule has 0 aromatic carbocycles. The molecule has 29 heavy (non-hydrogen) atoms. The summed E-state index contributed by atoms with van der Waals surface area (Å²) in [7, 11) is 0. The van der Waals surface area contributed by atoms with Crippen molar-refractivity contribution in [3.63, 3.8) is 0 Å². The Kier molecular flexibility index (Phi) is 6.70. The number of carboxylic acids is 1. The Morgan fingerprint density at radius 2 is 2.00 bits per heavy atom. The second-order valence-corrected chi connectivity index (χ2v) is 7.43. The Hall–Kier alpha value is -2.85. The maximum absolute atomic E-state index is 12.3. The van der Waals surface area contributed by atoms with Gasteiger partial charge in [0.2, 0.25) is 5.91 Å². The molecule has 0 bridgehead atoms. The van der Waals surface area contributed by atoms with Gasteiger partial charge in [-0.3, -0.25) is 9.78 Å². The molecule has 160 valence electrons. The summed E-state index contributed by atoms with van der Waals surface area (Å²) in [6, 6.07) is 3.74. The molecular weight excluding hydrogens is 393 g/mol. The van der Waals surface area contributed by atoms with Crippen LogP contribution in [0.15, 0.2) is 24.5 Å². The van der Waals surface area contributed by atoms with E-state index in [2.05, 4.69) is 15.6 Å². The van der Waals surface area contributed by atoms with Gasteiger partial charge < -0.3 is 20.6 Å². The highest BCUT2D eigenvalue weighted by Gasteiger charge is 2.61. The average molecular weight is 416 g/mol. The van der Waals surface area contributed by atoms with E-state index in [-0.39, 0.29) is 29.3 Å². The van der Waals surface area contributed by atoms with E-state index in [0.717, 1.165) is 25.1 Å². The van der Waals surface area contributed by atoms with Crippen LogP contribution in [0.25, 0.3) is 0 Å². The number of carbonyl (C=O) groups excluding carboxylic acids is 2. The highest BCUT2D eigenvalue weighted by molar-refractivity contribution is 5.95. The summed E-state index contributed by atoms with van der Waals surface area (Å²) < 4.78 is 31.7. The third-order valence-corrected chi connectivity index (χ3v) is 4.76. The van der Waals surface area contributed by atoms with Crippen molar-refractivity contribution in [1.29, 1.82) is 0 Å². The van der Waals surface area contributed by atoms with E-state index in [0.29, 0.717) is 6.54 Å². The van der Waals surface area contributed by atoms with Crippen molar-refractivity contribution in [3.8, 4) is 0 Å². The number of nitrogens with zero attached hydrogens (tertiary/aromatic N) is 2. The summed E-state index contributed by atoms with van der Waals surface area (Å²) in [4.78, 5) is 39.1. The van der Waals surface area contributed by atoms with Crippen molar-refractivity contribution >= 4 is 23.6 Å². The number of aliphatic carboxylic acids is 1. The molecule has 1 aromatic rings. The zero-order chi connectivity index (χ0) is 21.8. The van der Waals surface area contributed by atoms with Gasteiger partial charge in [-0.05, 0) is 38.8 Å². The van der Waals surface area contributed by atoms with E-state index in [1.807, 2.05) is 24.8 Å². The van der Waals surface area contributed by atoms with Crippen LogP contribution in [0.5, 0.6) is 0 Å². The van der Waals surface area contributed by atoms with Gasteiger partial charge >= 0.3 is 18.2 Å². The van der Waals surface area contributed by atoms with Crippen molar-refractivity contribution in [2.45, 2.75) is 38.9 Å². The lowest BCUT2D eigenvalue weighted by molar-refractivity contribution is -0.192. The van der Waals surface area contributed by atoms with Crippen molar-refractivity contribution in [2.75, 3.05) is 18.4 Å². The Morgan fingerprint density at radius 1 is 1.34 bits per heavy atom. The molecule has 1 aliphatic heterocycles. The van der Waals surface area contributed by atoms with E-state index in [1.165, 1.54) is 0 Å². The monoisotopic (exact) mass is 416 g/mol. The van der Waals surface area contributed by atoms with Gasteiger partial charge in [-0.15, -0.1) is 0 Å². The van der Waals surface area contributed by atoms with Crippen LogP contribution >= 0.6 is 0 Å². The summed E-state index contributed by atoms with van der Waals surface area (Å²) in [5.41, 5.74) is 0.711. The van der Waals surface area contributed by atoms with Crippen LogP contribution in [0.1, 0.15) is 26.7 Å². The first kappa shape index (κ1) is 22.4. The number of pyridine rings is 1. The number of hydrogen-bond acceptors (Lipinski definition) is 4. The molecule has 2 heterocycles. The topological polar surface area (TPSA) is 112 Å². The van der Waals surface area contributed by atoms with Gasteiger partial charge in [0.25, 0.3) is 0 Å². The van der Waals surface area contributed by atoms with Gasteiger partial charge in [-0.25, -0.2) is 9.59 Å². The molecule has 11 heteroatoms. The molecule has 1 saturated carbocycles. The number of nitrogens with one attached hydrogen (secondary N) is 2. The van der Waals surface area contributed by atoms with Gasteiger partial charge in [0.1, 0.15) is 0 Å². The fourth-order valence-electron chi connectivity index (χ4n) is 3.24. The molecule has 0 radical (unpaired) electrons. The Bertz CT molecular complexity index is 757. The van der Waals surface area contributed by atoms with Crippen LogP contribution in [-0.4, -0.2) is 58.2 Å². The molecule has 3 N–H and O–H groups in total. The molecule has 2 atom stereocenters. The van der Waals surface area contributed by atoms with Crippen molar-refractivity contribution in [3.05, 3.63) is 24.5 Å². The first-order valence-corrected chi connectivity index (χ1v) is 9.01. The number of amides is 3. The van der Waals surface area contributed by atoms with Crippen LogP contribution < -0.4 is 10.6 Å². The molecule has 1 spiro atoms. The summed E-state index contributed by atoms with van der Waals surface area (Å²) in [6.07, 6.45) is 0.00857. The number of halogens is 3. The average Bonchev–Trinajstić information content (AvgIpc) is 3.15. The second kappa shape index (κ2) is 8.66. The first-order valence-electron chi connectivity index (χ1n) is 9.01. The molecule has 3 rings (SSSR count). The predicted molar refractivity (Wildman–Crippen MR) is 97.0 cm³/mol. The number of alkyl halides is 3. The molecule has 1 aliphatic carbocycles. The van der Waals surface area contributed by atoms with Crippen LogP contribution in [0.3, 0.4) is 0 Å². The van der Waals surface area contributed by atoms with E-state index < -0.39 is 12.1 Å². The lowest BCUT2D eigenvalue weighted by Crippen LogP contribution is -2.42. The number of hydrogen-bond donors (Lipinski definition) is 3. The van der Waals surface area contributed by atoms with Gasteiger partial charge in [0.05, 0.1) is 11.9 Å². The summed E-state index contributed by atoms with van der Waals surface area (Å²) >= 11 is 0. The molecule has 8 nitrogen and oxygen atoms in total. The predicted octanol–water partition coefficient (Wildman–Crippen LogP) is 2.48. The maximum atomic E-state index is 12.3. The largest absolute Gasteiger partial charge is 0.490 e. The molecule has 3 amide bonds. The zero-order valence-electron chi connectivity index (χ0n) is 16.0. The summed E-state index contributed by atoms with van der Waals surface area (Å²) in [5, 5.41) is 12.9. The molecule has 1 saturated heterocycles. The maximum Gasteiger partial charge on any atom is 0.490 e. The number of rotatable bonds is 3. The summed E-state index contributed by atoms with van der Waals surface area (Å²) in [6.45, 7) is 5.31. The number of likely N-dealkylation sites (tertiary alicyclic amines) is 1. The number of carbonyl (C=O) groups is 3. The minimum atomic E-state index is -5.08. The van der Waals surface area contributed by atoms with E-state index in [4.69, 9.17) is 9.90 Å². The van der Waals surface area contributed by atoms with Crippen LogP contribution in [0.4, 0.5) is 23.7 Å². The number of carboxylic acid groups (broad SMARTS) is 1. The fraction of sp³-hybridized carbons (Fsp3) is 0.556. The van der Waals surface area contributed by atoms with E-state index >= 15 is 0 Å². The second-order valence-electron chi connectivity index (χ2n) is 7.43. The molecule has 2 aliphatic rings. The third-order valence-electron chi connectivity index (χ3n) is 4.76. The number of anilines is 1. The molecule has 2 unspecified atom stereocenters. The highest BCUT2D eigenvalue weighted by Crippen LogP contribution is 2.58. The highest BCUT2D eigenvalue weighted by atomic mass is 19.4. The molecule has 1 aromatic heterocycles. The minimum absolute atomic E-state index is 0.00422. The lowest BCUT2D eigenvalue weighted by atomic mass is 10.0. The number of urea groups is 1. The van der Waals surface area contributed by atoms with Crippen molar-refractivity contribution in [2.24, 2.45) is 11.3 Å².